The lowest BCUT2D eigenvalue weighted by atomic mass is 10.2. The molecule has 0 aliphatic rings. The van der Waals surface area contributed by atoms with Crippen molar-refractivity contribution in [1.29, 1.82) is 0 Å². The van der Waals surface area contributed by atoms with Crippen LogP contribution in [0.5, 0.6) is 5.88 Å². The fraction of sp³-hybridized carbons (Fsp3) is 0.462. The highest BCUT2D eigenvalue weighted by atomic mass is 16.5. The second-order valence-corrected chi connectivity index (χ2v) is 4.43. The number of ether oxygens (including phenoxy) is 1. The van der Waals surface area contributed by atoms with Gasteiger partial charge in [-0.25, -0.2) is 9.67 Å². The quantitative estimate of drug-likeness (QED) is 0.906. The molecular formula is C13H18N4O2. The third-order valence-corrected chi connectivity index (χ3v) is 3.19. The molecule has 19 heavy (non-hydrogen) atoms. The second kappa shape index (κ2) is 4.87. The summed E-state index contributed by atoms with van der Waals surface area (Å²) >= 11 is 0. The molecular weight excluding hydrogens is 244 g/mol. The third kappa shape index (κ3) is 2.14. The Morgan fingerprint density at radius 1 is 1.37 bits per heavy atom. The predicted molar refractivity (Wildman–Crippen MR) is 72.5 cm³/mol. The summed E-state index contributed by atoms with van der Waals surface area (Å²) in [6.45, 7) is 5.62. The molecule has 102 valence electrons. The lowest BCUT2D eigenvalue weighted by Gasteiger charge is -2.07. The van der Waals surface area contributed by atoms with Gasteiger partial charge >= 0.3 is 0 Å². The van der Waals surface area contributed by atoms with Gasteiger partial charge in [-0.1, -0.05) is 6.92 Å². The van der Waals surface area contributed by atoms with Crippen molar-refractivity contribution in [2.24, 2.45) is 7.05 Å². The molecule has 0 saturated carbocycles. The Hall–Kier alpha value is -2.11. The van der Waals surface area contributed by atoms with Gasteiger partial charge in [-0.3, -0.25) is 4.79 Å². The number of aromatic nitrogens is 4. The van der Waals surface area contributed by atoms with Crippen molar-refractivity contribution >= 4 is 0 Å². The fourth-order valence-electron chi connectivity index (χ4n) is 2.19. The van der Waals surface area contributed by atoms with Gasteiger partial charge in [0.05, 0.1) is 18.5 Å². The number of H-pyrrole nitrogens is 1. The zero-order chi connectivity index (χ0) is 14.2. The van der Waals surface area contributed by atoms with Crippen molar-refractivity contribution in [1.82, 2.24) is 19.7 Å². The minimum Gasteiger partial charge on any atom is -0.481 e. The predicted octanol–water partition coefficient (Wildman–Crippen LogP) is 1.36. The van der Waals surface area contributed by atoms with E-state index in [1.807, 2.05) is 13.8 Å². The smallest absolute Gasteiger partial charge is 0.254 e. The van der Waals surface area contributed by atoms with E-state index in [4.69, 9.17) is 4.74 Å². The number of aromatic amines is 1. The molecule has 0 bridgehead atoms. The maximum Gasteiger partial charge on any atom is 0.254 e. The van der Waals surface area contributed by atoms with E-state index in [2.05, 4.69) is 15.1 Å². The summed E-state index contributed by atoms with van der Waals surface area (Å²) in [5, 5.41) is 4.30. The number of aryl methyl sites for hydroxylation is 3. The molecule has 0 radical (unpaired) electrons. The van der Waals surface area contributed by atoms with Gasteiger partial charge in [-0.15, -0.1) is 0 Å². The van der Waals surface area contributed by atoms with Crippen molar-refractivity contribution in [3.63, 3.8) is 0 Å². The Morgan fingerprint density at radius 3 is 2.63 bits per heavy atom. The molecule has 0 atom stereocenters. The average Bonchev–Trinajstić information content (AvgIpc) is 2.66. The standard InChI is InChI=1S/C13H18N4O2/c1-6-9-7(2)12(18)15-11(14-9)10-8(3)16-17(4)13(10)19-5/h6H2,1-5H3,(H,14,15,18). The Labute approximate surface area is 111 Å². The summed E-state index contributed by atoms with van der Waals surface area (Å²) in [6, 6.07) is 0. The average molecular weight is 262 g/mol. The number of nitrogens with zero attached hydrogens (tertiary/aromatic N) is 3. The topological polar surface area (TPSA) is 72.8 Å². The molecule has 2 aromatic heterocycles. The van der Waals surface area contributed by atoms with Crippen LogP contribution in [0.25, 0.3) is 11.4 Å². The van der Waals surface area contributed by atoms with E-state index in [9.17, 15) is 4.79 Å². The normalized spacial score (nSPS) is 10.8. The first-order valence-corrected chi connectivity index (χ1v) is 6.17. The van der Waals surface area contributed by atoms with Crippen molar-refractivity contribution in [3.05, 3.63) is 27.3 Å². The minimum absolute atomic E-state index is 0.118. The number of methoxy groups -OCH3 is 1. The van der Waals surface area contributed by atoms with Crippen molar-refractivity contribution in [2.75, 3.05) is 7.11 Å². The molecule has 2 heterocycles. The fourth-order valence-corrected chi connectivity index (χ4v) is 2.19. The Morgan fingerprint density at radius 2 is 2.05 bits per heavy atom. The molecule has 0 saturated heterocycles. The van der Waals surface area contributed by atoms with Crippen LogP contribution in [0.2, 0.25) is 0 Å². The van der Waals surface area contributed by atoms with Gasteiger partial charge in [0.25, 0.3) is 5.56 Å². The van der Waals surface area contributed by atoms with E-state index < -0.39 is 0 Å². The maximum absolute atomic E-state index is 11.9. The molecule has 6 heteroatoms. The summed E-state index contributed by atoms with van der Waals surface area (Å²) in [5.41, 5.74) is 2.84. The minimum atomic E-state index is -0.118. The van der Waals surface area contributed by atoms with Crippen LogP contribution in [-0.4, -0.2) is 26.9 Å². The second-order valence-electron chi connectivity index (χ2n) is 4.43. The SMILES string of the molecule is CCc1nc(-c2c(C)nn(C)c2OC)[nH]c(=O)c1C. The van der Waals surface area contributed by atoms with Gasteiger partial charge in [-0.2, -0.15) is 5.10 Å². The number of nitrogens with one attached hydrogen (secondary N) is 1. The van der Waals surface area contributed by atoms with E-state index in [-0.39, 0.29) is 5.56 Å². The van der Waals surface area contributed by atoms with E-state index in [0.717, 1.165) is 17.0 Å². The van der Waals surface area contributed by atoms with Crippen LogP contribution in [0.4, 0.5) is 0 Å². The van der Waals surface area contributed by atoms with Crippen molar-refractivity contribution in [3.8, 4) is 17.3 Å². The molecule has 2 rings (SSSR count). The van der Waals surface area contributed by atoms with Crippen LogP contribution in [0, 0.1) is 13.8 Å². The van der Waals surface area contributed by atoms with Gasteiger partial charge in [0.15, 0.2) is 0 Å². The molecule has 2 aromatic rings. The largest absolute Gasteiger partial charge is 0.481 e. The van der Waals surface area contributed by atoms with Gasteiger partial charge in [0, 0.05) is 12.6 Å². The lowest BCUT2D eigenvalue weighted by molar-refractivity contribution is 0.374. The highest BCUT2D eigenvalue weighted by Gasteiger charge is 2.19. The molecule has 0 amide bonds. The first-order valence-electron chi connectivity index (χ1n) is 6.17. The van der Waals surface area contributed by atoms with Crippen molar-refractivity contribution in [2.45, 2.75) is 27.2 Å². The lowest BCUT2D eigenvalue weighted by Crippen LogP contribution is -2.16. The Bertz CT molecular complexity index is 670. The molecule has 0 aromatic carbocycles. The van der Waals surface area contributed by atoms with Gasteiger partial charge in [0.2, 0.25) is 5.88 Å². The van der Waals surface area contributed by atoms with Crippen molar-refractivity contribution < 1.29 is 4.74 Å². The monoisotopic (exact) mass is 262 g/mol. The van der Waals surface area contributed by atoms with Crippen LogP contribution < -0.4 is 10.3 Å². The Balaban J connectivity index is 2.72. The van der Waals surface area contributed by atoms with E-state index in [0.29, 0.717) is 23.7 Å². The third-order valence-electron chi connectivity index (χ3n) is 3.19. The first kappa shape index (κ1) is 13.3. The van der Waals surface area contributed by atoms with E-state index in [1.165, 1.54) is 0 Å². The zero-order valence-electron chi connectivity index (χ0n) is 11.9. The summed E-state index contributed by atoms with van der Waals surface area (Å²) < 4.78 is 6.97. The molecule has 1 N–H and O–H groups in total. The number of hydrogen-bond acceptors (Lipinski definition) is 4. The van der Waals surface area contributed by atoms with Crippen LogP contribution >= 0.6 is 0 Å². The van der Waals surface area contributed by atoms with Gasteiger partial charge < -0.3 is 9.72 Å². The highest BCUT2D eigenvalue weighted by Crippen LogP contribution is 2.29. The molecule has 0 aliphatic heterocycles. The van der Waals surface area contributed by atoms with Gasteiger partial charge in [-0.05, 0) is 20.3 Å². The van der Waals surface area contributed by atoms with E-state index >= 15 is 0 Å². The van der Waals surface area contributed by atoms with Crippen LogP contribution in [0.1, 0.15) is 23.9 Å². The zero-order valence-corrected chi connectivity index (χ0v) is 11.9. The summed E-state index contributed by atoms with van der Waals surface area (Å²) in [5.74, 6) is 1.10. The first-order chi connectivity index (χ1) is 8.99. The Kier molecular flexibility index (Phi) is 3.42. The van der Waals surface area contributed by atoms with Gasteiger partial charge in [0.1, 0.15) is 11.4 Å². The summed E-state index contributed by atoms with van der Waals surface area (Å²) in [6.07, 6.45) is 0.713. The molecule has 0 aliphatic carbocycles. The maximum atomic E-state index is 11.9. The van der Waals surface area contributed by atoms with Crippen LogP contribution in [-0.2, 0) is 13.5 Å². The molecule has 0 fully saturated rings. The van der Waals surface area contributed by atoms with Crippen LogP contribution in [0.3, 0.4) is 0 Å². The van der Waals surface area contributed by atoms with E-state index in [1.54, 1.807) is 25.8 Å². The molecule has 0 unspecified atom stereocenters. The number of rotatable bonds is 3. The summed E-state index contributed by atoms with van der Waals surface area (Å²) in [7, 11) is 3.37. The highest BCUT2D eigenvalue weighted by molar-refractivity contribution is 5.65. The van der Waals surface area contributed by atoms with Crippen LogP contribution in [0.15, 0.2) is 4.79 Å². The number of hydrogen-bond donors (Lipinski definition) is 1. The molecule has 0 spiro atoms. The summed E-state index contributed by atoms with van der Waals surface area (Å²) in [4.78, 5) is 19.3. The molecule has 6 nitrogen and oxygen atoms in total.